The van der Waals surface area contributed by atoms with Gasteiger partial charge in [0.2, 0.25) is 5.91 Å². The minimum atomic E-state index is -3.02. The summed E-state index contributed by atoms with van der Waals surface area (Å²) in [6.45, 7) is 2.50. The van der Waals surface area contributed by atoms with Gasteiger partial charge in [-0.1, -0.05) is 6.07 Å². The van der Waals surface area contributed by atoms with E-state index in [0.29, 0.717) is 13.0 Å². The summed E-state index contributed by atoms with van der Waals surface area (Å²) >= 11 is 0. The van der Waals surface area contributed by atoms with Crippen LogP contribution in [0.2, 0.25) is 0 Å². The Bertz CT molecular complexity index is 637. The number of aromatic nitrogens is 1. The predicted molar refractivity (Wildman–Crippen MR) is 84.3 cm³/mol. The first kappa shape index (κ1) is 15.3. The van der Waals surface area contributed by atoms with E-state index in [0.717, 1.165) is 24.5 Å². The van der Waals surface area contributed by atoms with Crippen LogP contribution in [-0.2, 0) is 21.2 Å². The van der Waals surface area contributed by atoms with Gasteiger partial charge in [0.25, 0.3) is 0 Å². The van der Waals surface area contributed by atoms with Crippen molar-refractivity contribution in [3.05, 3.63) is 23.9 Å². The first-order valence-electron chi connectivity index (χ1n) is 7.71. The Kier molecular flexibility index (Phi) is 4.33. The number of hydrogen-bond donors (Lipinski definition) is 1. The lowest BCUT2D eigenvalue weighted by Gasteiger charge is -2.16. The molecule has 120 valence electrons. The maximum Gasteiger partial charge on any atom is 0.224 e. The van der Waals surface area contributed by atoms with Crippen LogP contribution < -0.4 is 10.2 Å². The molecule has 1 amide bonds. The Balaban J connectivity index is 1.52. The van der Waals surface area contributed by atoms with E-state index in [2.05, 4.69) is 15.2 Å². The largest absolute Gasteiger partial charge is 0.357 e. The molecule has 0 spiro atoms. The molecular formula is C15H21N3O3S. The summed E-state index contributed by atoms with van der Waals surface area (Å²) in [5, 5.41) is 2.81. The number of rotatable bonds is 4. The zero-order chi connectivity index (χ0) is 15.6. The van der Waals surface area contributed by atoms with E-state index < -0.39 is 15.8 Å². The van der Waals surface area contributed by atoms with Crippen molar-refractivity contribution in [1.29, 1.82) is 0 Å². The number of hydrogen-bond acceptors (Lipinski definition) is 5. The fourth-order valence-electron chi connectivity index (χ4n) is 2.99. The van der Waals surface area contributed by atoms with Crippen LogP contribution in [0.4, 0.5) is 5.82 Å². The van der Waals surface area contributed by atoms with Crippen LogP contribution in [0, 0.1) is 5.92 Å². The van der Waals surface area contributed by atoms with Crippen molar-refractivity contribution in [2.75, 3.05) is 29.5 Å². The number of pyridine rings is 1. The summed E-state index contributed by atoms with van der Waals surface area (Å²) in [5.74, 6) is 0.503. The summed E-state index contributed by atoms with van der Waals surface area (Å²) in [4.78, 5) is 18.7. The Morgan fingerprint density at radius 3 is 2.68 bits per heavy atom. The first-order valence-corrected chi connectivity index (χ1v) is 9.54. The highest BCUT2D eigenvalue weighted by Gasteiger charge is 2.32. The number of nitrogens with one attached hydrogen (secondary N) is 1. The van der Waals surface area contributed by atoms with Gasteiger partial charge in [0.1, 0.15) is 5.82 Å². The zero-order valence-corrected chi connectivity index (χ0v) is 13.3. The third kappa shape index (κ3) is 3.58. The van der Waals surface area contributed by atoms with Crippen LogP contribution in [0.15, 0.2) is 18.3 Å². The molecule has 1 N–H and O–H groups in total. The van der Waals surface area contributed by atoms with Gasteiger partial charge in [-0.2, -0.15) is 0 Å². The van der Waals surface area contributed by atoms with Crippen molar-refractivity contribution >= 4 is 21.6 Å². The van der Waals surface area contributed by atoms with Gasteiger partial charge in [0.05, 0.1) is 17.4 Å². The van der Waals surface area contributed by atoms with Crippen molar-refractivity contribution in [3.63, 3.8) is 0 Å². The lowest BCUT2D eigenvalue weighted by Crippen LogP contribution is -2.31. The van der Waals surface area contributed by atoms with Gasteiger partial charge in [0, 0.05) is 25.8 Å². The molecule has 0 radical (unpaired) electrons. The summed E-state index contributed by atoms with van der Waals surface area (Å²) in [5.41, 5.74) is 0.928. The second kappa shape index (κ2) is 6.24. The average molecular weight is 323 g/mol. The normalized spacial score (nSPS) is 23.6. The van der Waals surface area contributed by atoms with Crippen LogP contribution in [0.25, 0.3) is 0 Å². The molecule has 0 aliphatic carbocycles. The smallest absolute Gasteiger partial charge is 0.224 e. The molecule has 0 aromatic carbocycles. The molecule has 2 aliphatic rings. The monoisotopic (exact) mass is 323 g/mol. The van der Waals surface area contributed by atoms with Gasteiger partial charge < -0.3 is 10.2 Å². The molecule has 1 unspecified atom stereocenters. The molecule has 3 rings (SSSR count). The zero-order valence-electron chi connectivity index (χ0n) is 12.5. The molecule has 6 nitrogen and oxygen atoms in total. The molecule has 0 bridgehead atoms. The van der Waals surface area contributed by atoms with E-state index in [1.54, 1.807) is 6.20 Å². The molecule has 3 heterocycles. The molecule has 2 aliphatic heterocycles. The maximum atomic E-state index is 12.0. The fourth-order valence-corrected chi connectivity index (χ4v) is 4.73. The molecule has 2 saturated heterocycles. The first-order chi connectivity index (χ1) is 10.5. The van der Waals surface area contributed by atoms with Gasteiger partial charge in [-0.05, 0) is 30.9 Å². The van der Waals surface area contributed by atoms with Gasteiger partial charge in [-0.25, -0.2) is 13.4 Å². The van der Waals surface area contributed by atoms with Crippen molar-refractivity contribution in [2.45, 2.75) is 25.8 Å². The second-order valence-electron chi connectivity index (χ2n) is 6.04. The van der Waals surface area contributed by atoms with Crippen LogP contribution in [0.3, 0.4) is 0 Å². The van der Waals surface area contributed by atoms with Crippen LogP contribution in [-0.4, -0.2) is 43.9 Å². The van der Waals surface area contributed by atoms with Crippen molar-refractivity contribution in [3.8, 4) is 0 Å². The number of sulfone groups is 1. The number of anilines is 1. The molecule has 2 fully saturated rings. The molecular weight excluding hydrogens is 302 g/mol. The molecule has 1 aromatic rings. The quantitative estimate of drug-likeness (QED) is 0.884. The minimum Gasteiger partial charge on any atom is -0.357 e. The fraction of sp³-hybridized carbons (Fsp3) is 0.600. The third-order valence-electron chi connectivity index (χ3n) is 4.31. The van der Waals surface area contributed by atoms with Gasteiger partial charge in [-0.3, -0.25) is 4.79 Å². The van der Waals surface area contributed by atoms with E-state index >= 15 is 0 Å². The number of carbonyl (C=O) groups is 1. The number of amides is 1. The Morgan fingerprint density at radius 2 is 2.09 bits per heavy atom. The van der Waals surface area contributed by atoms with Crippen LogP contribution in [0.1, 0.15) is 24.8 Å². The topological polar surface area (TPSA) is 79.4 Å². The summed E-state index contributed by atoms with van der Waals surface area (Å²) in [7, 11) is -3.02. The van der Waals surface area contributed by atoms with Crippen LogP contribution >= 0.6 is 0 Å². The Morgan fingerprint density at radius 1 is 1.32 bits per heavy atom. The summed E-state index contributed by atoms with van der Waals surface area (Å²) < 4.78 is 22.8. The van der Waals surface area contributed by atoms with E-state index in [4.69, 9.17) is 0 Å². The summed E-state index contributed by atoms with van der Waals surface area (Å²) in [6.07, 6.45) is 4.63. The lowest BCUT2D eigenvalue weighted by atomic mass is 10.1. The van der Waals surface area contributed by atoms with Gasteiger partial charge in [-0.15, -0.1) is 0 Å². The Hall–Kier alpha value is -1.63. The lowest BCUT2D eigenvalue weighted by molar-refractivity contribution is -0.124. The van der Waals surface area contributed by atoms with E-state index in [1.807, 2.05) is 12.1 Å². The standard InChI is InChI=1S/C15H21N3O3S/c19-15(13-5-8-22(20,21)11-13)17-10-12-3-4-14(16-9-12)18-6-1-2-7-18/h3-4,9,13H,1-2,5-8,10-11H2,(H,17,19). The van der Waals surface area contributed by atoms with Crippen LogP contribution in [0.5, 0.6) is 0 Å². The number of nitrogens with zero attached hydrogens (tertiary/aromatic N) is 2. The molecule has 1 aromatic heterocycles. The maximum absolute atomic E-state index is 12.0. The van der Waals surface area contributed by atoms with Gasteiger partial charge >= 0.3 is 0 Å². The van der Waals surface area contributed by atoms with Gasteiger partial charge in [0.15, 0.2) is 9.84 Å². The molecule has 0 saturated carbocycles. The van der Waals surface area contributed by atoms with E-state index in [1.165, 1.54) is 12.8 Å². The highest BCUT2D eigenvalue weighted by atomic mass is 32.2. The predicted octanol–water partition coefficient (Wildman–Crippen LogP) is 0.733. The highest BCUT2D eigenvalue weighted by molar-refractivity contribution is 7.91. The molecule has 1 atom stereocenters. The van der Waals surface area contributed by atoms with Crippen molar-refractivity contribution < 1.29 is 13.2 Å². The summed E-state index contributed by atoms with van der Waals surface area (Å²) in [6, 6.07) is 3.94. The van der Waals surface area contributed by atoms with E-state index in [-0.39, 0.29) is 17.4 Å². The van der Waals surface area contributed by atoms with E-state index in [9.17, 15) is 13.2 Å². The second-order valence-corrected chi connectivity index (χ2v) is 8.27. The third-order valence-corrected chi connectivity index (χ3v) is 6.08. The number of carbonyl (C=O) groups excluding carboxylic acids is 1. The minimum absolute atomic E-state index is 0.0228. The SMILES string of the molecule is O=C(NCc1ccc(N2CCCC2)nc1)C1CCS(=O)(=O)C1. The Labute approximate surface area is 130 Å². The molecule has 22 heavy (non-hydrogen) atoms. The van der Waals surface area contributed by atoms with Crippen molar-refractivity contribution in [1.82, 2.24) is 10.3 Å². The average Bonchev–Trinajstić information content (AvgIpc) is 3.15. The van der Waals surface area contributed by atoms with Crippen molar-refractivity contribution in [2.24, 2.45) is 5.92 Å². The molecule has 7 heteroatoms. The highest BCUT2D eigenvalue weighted by Crippen LogP contribution is 2.19.